The molecule has 0 saturated carbocycles. The summed E-state index contributed by atoms with van der Waals surface area (Å²) in [7, 11) is 1.83. The molecule has 0 spiro atoms. The number of aliphatic hydroxyl groups excluding tert-OH is 2. The minimum absolute atomic E-state index is 0.00737. The molecule has 66 heavy (non-hydrogen) atoms. The van der Waals surface area contributed by atoms with Crippen LogP contribution in [-0.4, -0.2) is 74.3 Å². The van der Waals surface area contributed by atoms with Crippen LogP contribution in [0.2, 0.25) is 0 Å². The number of phenols is 2. The van der Waals surface area contributed by atoms with Gasteiger partial charge in [0.25, 0.3) is 0 Å². The molecule has 0 saturated heterocycles. The Balaban J connectivity index is 1.33. The molecule has 14 heteroatoms. The number of nitrogen functional groups attached to an aromatic ring is 1. The van der Waals surface area contributed by atoms with Gasteiger partial charge in [0, 0.05) is 70.9 Å². The van der Waals surface area contributed by atoms with Crippen molar-refractivity contribution in [2.24, 2.45) is 11.8 Å². The summed E-state index contributed by atoms with van der Waals surface area (Å²) in [5, 5.41) is 52.6. The zero-order valence-electron chi connectivity index (χ0n) is 37.9. The minimum atomic E-state index is -1.30. The van der Waals surface area contributed by atoms with Crippen LogP contribution in [-0.2, 0) is 48.2 Å². The number of anilines is 2. The van der Waals surface area contributed by atoms with E-state index in [9.17, 15) is 30.0 Å². The Morgan fingerprint density at radius 3 is 2.61 bits per heavy atom. The summed E-state index contributed by atoms with van der Waals surface area (Å²) in [5.41, 5.74) is 13.2. The number of esters is 1. The van der Waals surface area contributed by atoms with Crippen molar-refractivity contribution in [2.45, 2.75) is 121 Å². The molecule has 4 bridgehead atoms. The number of aromatic nitrogens is 2. The van der Waals surface area contributed by atoms with Gasteiger partial charge in [0.05, 0.1) is 6.61 Å². The number of fused-ring (bicyclic) bond motifs is 11. The molecule has 3 aliphatic heterocycles. The van der Waals surface area contributed by atoms with E-state index in [1.165, 1.54) is 11.1 Å². The van der Waals surface area contributed by atoms with Gasteiger partial charge < -0.3 is 50.7 Å². The average molecular weight is 898 g/mol. The number of nitrogens with zero attached hydrogens (tertiary/aromatic N) is 2. The number of nitrogens with one attached hydrogen (secondary N) is 2. The maximum Gasteiger partial charge on any atom is 0.334 e. The van der Waals surface area contributed by atoms with Crippen LogP contribution < -0.4 is 26.5 Å². The maximum absolute atomic E-state index is 14.5. The summed E-state index contributed by atoms with van der Waals surface area (Å²) >= 11 is 0. The first-order valence-corrected chi connectivity index (χ1v) is 23.5. The van der Waals surface area contributed by atoms with Crippen molar-refractivity contribution in [3.05, 3.63) is 120 Å². The lowest BCUT2D eigenvalue weighted by Gasteiger charge is -2.51. The van der Waals surface area contributed by atoms with Gasteiger partial charge in [-0.3, -0.25) is 4.79 Å². The van der Waals surface area contributed by atoms with E-state index in [0.29, 0.717) is 60.8 Å². The van der Waals surface area contributed by atoms with Crippen LogP contribution in [0.25, 0.3) is 11.0 Å². The minimum Gasteiger partial charge on any atom is -0.508 e. The zero-order valence-corrected chi connectivity index (χ0v) is 37.9. The average Bonchev–Trinajstić information content (AvgIpc) is 3.47. The third-order valence-corrected chi connectivity index (χ3v) is 15.8. The monoisotopic (exact) mass is 897 g/mol. The maximum atomic E-state index is 14.5. The van der Waals surface area contributed by atoms with Gasteiger partial charge in [0.2, 0.25) is 0 Å². The van der Waals surface area contributed by atoms with Gasteiger partial charge in [-0.2, -0.15) is 0 Å². The van der Waals surface area contributed by atoms with Crippen LogP contribution >= 0.6 is 0 Å². The van der Waals surface area contributed by atoms with Crippen LogP contribution in [0.5, 0.6) is 17.2 Å². The number of aliphatic hydroxyl groups is 2. The van der Waals surface area contributed by atoms with Gasteiger partial charge in [-0.05, 0) is 149 Å². The van der Waals surface area contributed by atoms with E-state index in [1.807, 2.05) is 39.2 Å². The number of carbonyl (C=O) groups is 1. The van der Waals surface area contributed by atoms with E-state index in [4.69, 9.17) is 29.6 Å². The second-order valence-electron chi connectivity index (χ2n) is 19.2. The van der Waals surface area contributed by atoms with E-state index in [-0.39, 0.29) is 63.7 Å². The number of rotatable bonds is 7. The summed E-state index contributed by atoms with van der Waals surface area (Å²) in [6.45, 7) is 5.54. The number of allylic oxidation sites excluding steroid dienone is 1. The molecule has 5 aromatic rings. The summed E-state index contributed by atoms with van der Waals surface area (Å²) in [5.74, 6) is -1.82. The number of phenolic OH excluding ortho intramolecular Hbond substituents is 2. The molecule has 6 heterocycles. The van der Waals surface area contributed by atoms with Gasteiger partial charge in [-0.25, -0.2) is 14.8 Å². The molecule has 8 N–H and O–H groups in total. The van der Waals surface area contributed by atoms with Gasteiger partial charge in [0.1, 0.15) is 63.9 Å². The van der Waals surface area contributed by atoms with Crippen LogP contribution in [0, 0.1) is 11.8 Å². The van der Waals surface area contributed by atoms with Crippen molar-refractivity contribution in [1.82, 2.24) is 15.3 Å². The number of ether oxygens (including phenoxy) is 2. The predicted octanol–water partition coefficient (Wildman–Crippen LogP) is 6.35. The van der Waals surface area contributed by atoms with E-state index in [2.05, 4.69) is 17.6 Å². The van der Waals surface area contributed by atoms with Crippen molar-refractivity contribution >= 4 is 28.6 Å². The number of pyridine rings is 2. The van der Waals surface area contributed by atoms with Gasteiger partial charge in [-0.15, -0.1) is 0 Å². The molecule has 3 aromatic heterocycles. The standard InChI is InChI=1S/C52H59N5O9/c1-5-26(14-16-54-4)51(63)65-41-21-37-46(62)44-40(61)20-30(23-58)64-48(44)45-42-35-15-17-55-49(53)43(35)33(11-8-27-7-9-29(60)19-36(27)38(42)24-59)32-13-12-31-28(18-39(32)52(41,3)66-47(37)45)22-56-50-34(31)10-6-25(2)57-50/h5,7,9,15,17,19-20,22,25,32-33,38-39,41-42,54,58-60,62H,6,8,10-14,16,18,21,23-24H2,1-4H3,(H2,53,55)(H,56,57). The highest BCUT2D eigenvalue weighted by molar-refractivity contribution is 5.92. The lowest BCUT2D eigenvalue weighted by atomic mass is 9.62. The van der Waals surface area contributed by atoms with E-state index < -0.39 is 48.2 Å². The number of hydrogen-bond donors (Lipinski definition) is 7. The summed E-state index contributed by atoms with van der Waals surface area (Å²) in [4.78, 5) is 38.6. The number of hydrogen-bond acceptors (Lipinski definition) is 14. The van der Waals surface area contributed by atoms with Crippen molar-refractivity contribution in [3.8, 4) is 17.2 Å². The third-order valence-electron chi connectivity index (χ3n) is 15.8. The first-order valence-electron chi connectivity index (χ1n) is 23.5. The first kappa shape index (κ1) is 43.9. The first-order chi connectivity index (χ1) is 31.9. The fourth-order valence-corrected chi connectivity index (χ4v) is 12.5. The molecule has 14 nitrogen and oxygen atoms in total. The highest BCUT2D eigenvalue weighted by Gasteiger charge is 2.57. The molecule has 2 aromatic carbocycles. The van der Waals surface area contributed by atoms with Gasteiger partial charge in [-0.1, -0.05) is 12.1 Å². The van der Waals surface area contributed by atoms with Gasteiger partial charge in [0.15, 0.2) is 5.43 Å². The van der Waals surface area contributed by atoms with Crippen LogP contribution in [0.3, 0.4) is 0 Å². The zero-order chi connectivity index (χ0) is 46.2. The summed E-state index contributed by atoms with van der Waals surface area (Å²) in [6.07, 6.45) is 9.90. The van der Waals surface area contributed by atoms with Crippen molar-refractivity contribution in [2.75, 3.05) is 31.2 Å². The summed E-state index contributed by atoms with van der Waals surface area (Å²) in [6, 6.07) is 8.65. The third kappa shape index (κ3) is 7.02. The Kier molecular flexibility index (Phi) is 11.3. The van der Waals surface area contributed by atoms with Crippen molar-refractivity contribution < 1.29 is 39.1 Å². The van der Waals surface area contributed by atoms with Crippen molar-refractivity contribution in [1.29, 1.82) is 0 Å². The Labute approximate surface area is 383 Å². The van der Waals surface area contributed by atoms with Crippen LogP contribution in [0.4, 0.5) is 11.6 Å². The number of aryl methyl sites for hydroxylation is 1. The predicted molar refractivity (Wildman–Crippen MR) is 249 cm³/mol. The molecule has 346 valence electrons. The lowest BCUT2D eigenvalue weighted by molar-refractivity contribution is -0.168. The molecule has 10 rings (SSSR count). The smallest absolute Gasteiger partial charge is 0.334 e. The molecule has 8 unspecified atom stereocenters. The second kappa shape index (κ2) is 17.0. The molecular formula is C52H59N5O9. The largest absolute Gasteiger partial charge is 0.508 e. The fourth-order valence-electron chi connectivity index (χ4n) is 12.5. The highest BCUT2D eigenvalue weighted by atomic mass is 16.6. The van der Waals surface area contributed by atoms with Crippen molar-refractivity contribution in [3.63, 3.8) is 0 Å². The normalized spacial score (nSPS) is 26.4. The molecular weight excluding hydrogens is 839 g/mol. The number of aromatic hydroxyl groups is 2. The number of benzene rings is 2. The Morgan fingerprint density at radius 2 is 1.83 bits per heavy atom. The fraction of sp³-hybridized carbons (Fsp3) is 0.462. The molecule has 8 atom stereocenters. The highest BCUT2D eigenvalue weighted by Crippen LogP contribution is 2.60. The van der Waals surface area contributed by atoms with E-state index in [0.717, 1.165) is 59.8 Å². The number of carbonyl (C=O) groups excluding carboxylic acids is 1. The lowest BCUT2D eigenvalue weighted by Crippen LogP contribution is -2.59. The number of nitrogens with two attached hydrogens (primary N) is 1. The van der Waals surface area contributed by atoms with E-state index >= 15 is 0 Å². The molecule has 0 fully saturated rings. The van der Waals surface area contributed by atoms with Crippen LogP contribution in [0.15, 0.2) is 63.6 Å². The molecule has 0 amide bonds. The summed E-state index contributed by atoms with van der Waals surface area (Å²) < 4.78 is 20.9. The molecule has 5 aliphatic rings. The van der Waals surface area contributed by atoms with E-state index in [1.54, 1.807) is 24.4 Å². The SMILES string of the molecule is CC=C(CCNC)C(=O)OC1Cc2c3c(c4oc(CO)cc(=O)c4c2O)C2c4ccnc(N)c4C(CCc4ccc(O)cc4C2CO)C2CCc4c(cnc5c4CCC(C)N5)CC2C1(C)O3. The Hall–Kier alpha value is -5.96. The molecule has 2 aliphatic carbocycles. The molecule has 0 radical (unpaired) electrons. The topological polar surface area (TPSA) is 223 Å². The Morgan fingerprint density at radius 1 is 1.02 bits per heavy atom. The Bertz CT molecular complexity index is 2860. The second-order valence-corrected chi connectivity index (χ2v) is 19.2. The van der Waals surface area contributed by atoms with Gasteiger partial charge >= 0.3 is 5.97 Å². The van der Waals surface area contributed by atoms with Crippen LogP contribution in [0.1, 0.15) is 120 Å². The quantitative estimate of drug-likeness (QED) is 0.0699.